The number of carbonyl (C=O) groups is 1. The van der Waals surface area contributed by atoms with E-state index >= 15 is 0 Å². The Morgan fingerprint density at radius 1 is 0.960 bits per heavy atom. The molecule has 3 unspecified atom stereocenters. The van der Waals surface area contributed by atoms with E-state index in [0.717, 1.165) is 12.0 Å². The van der Waals surface area contributed by atoms with E-state index in [1.807, 2.05) is 0 Å². The summed E-state index contributed by atoms with van der Waals surface area (Å²) in [5, 5.41) is 4.13. The van der Waals surface area contributed by atoms with E-state index in [9.17, 15) is 4.79 Å². The predicted octanol–water partition coefficient (Wildman–Crippen LogP) is 4.52. The first-order chi connectivity index (χ1) is 12.3. The van der Waals surface area contributed by atoms with Crippen LogP contribution in [0.2, 0.25) is 0 Å². The first kappa shape index (κ1) is 14.4. The molecule has 3 aliphatic carbocycles. The van der Waals surface area contributed by atoms with Crippen LogP contribution in [0, 0.1) is 0 Å². The van der Waals surface area contributed by atoms with Gasteiger partial charge < -0.3 is 0 Å². The topological polar surface area (TPSA) is 34.9 Å². The van der Waals surface area contributed by atoms with Crippen molar-refractivity contribution in [2.45, 2.75) is 24.2 Å². The third-order valence-corrected chi connectivity index (χ3v) is 5.58. The summed E-state index contributed by atoms with van der Waals surface area (Å²) >= 11 is 0. The van der Waals surface area contributed by atoms with Crippen LogP contribution in [0.4, 0.5) is 0 Å². The van der Waals surface area contributed by atoms with Gasteiger partial charge in [-0.05, 0) is 35.1 Å². The first-order valence-electron chi connectivity index (χ1n) is 8.73. The summed E-state index contributed by atoms with van der Waals surface area (Å²) in [4.78, 5) is 12.9. The van der Waals surface area contributed by atoms with E-state index in [-0.39, 0.29) is 17.7 Å². The number of carbonyl (C=O) groups excluding carboxylic acids is 1. The minimum Gasteiger partial charge on any atom is -0.267 e. The van der Waals surface area contributed by atoms with Crippen LogP contribution in [0.3, 0.4) is 0 Å². The number of rotatable bonds is 2. The Morgan fingerprint density at radius 3 is 2.48 bits per heavy atom. The average Bonchev–Trinajstić information content (AvgIpc) is 3.23. The standard InChI is InChI=1S/C22H18N2O/c25-22(24-12-6-11-23-24)21-14-19-16-9-4-5-10-17(16)20(21)13-18(19)15-7-2-1-3-8-15/h1-12,14,18-20H,13H2. The molecule has 0 radical (unpaired) electrons. The summed E-state index contributed by atoms with van der Waals surface area (Å²) in [6.07, 6.45) is 6.55. The van der Waals surface area contributed by atoms with E-state index in [4.69, 9.17) is 0 Å². The van der Waals surface area contributed by atoms with Gasteiger partial charge in [-0.25, -0.2) is 4.68 Å². The van der Waals surface area contributed by atoms with Gasteiger partial charge in [0.05, 0.1) is 0 Å². The third-order valence-electron chi connectivity index (χ3n) is 5.58. The Hall–Kier alpha value is -2.94. The average molecular weight is 326 g/mol. The minimum atomic E-state index is 0.000940. The van der Waals surface area contributed by atoms with Crippen LogP contribution in [0.1, 0.15) is 45.7 Å². The minimum absolute atomic E-state index is 0.000940. The van der Waals surface area contributed by atoms with Crippen LogP contribution in [0.5, 0.6) is 0 Å². The Bertz CT molecular complexity index is 957. The van der Waals surface area contributed by atoms with Gasteiger partial charge >= 0.3 is 0 Å². The monoisotopic (exact) mass is 326 g/mol. The van der Waals surface area contributed by atoms with Crippen molar-refractivity contribution in [1.82, 2.24) is 9.78 Å². The highest BCUT2D eigenvalue weighted by Gasteiger charge is 2.42. The van der Waals surface area contributed by atoms with Crippen LogP contribution in [-0.2, 0) is 0 Å². The molecule has 3 nitrogen and oxygen atoms in total. The Kier molecular flexibility index (Phi) is 3.20. The van der Waals surface area contributed by atoms with E-state index in [0.29, 0.717) is 5.92 Å². The molecule has 3 aromatic rings. The second kappa shape index (κ2) is 5.55. The molecule has 122 valence electrons. The van der Waals surface area contributed by atoms with Gasteiger partial charge in [0, 0.05) is 29.8 Å². The fraction of sp³-hybridized carbons (Fsp3) is 0.182. The number of allylic oxidation sites excluding steroid dienone is 2. The number of hydrogen-bond donors (Lipinski definition) is 0. The van der Waals surface area contributed by atoms with Gasteiger partial charge in [0.25, 0.3) is 5.91 Å². The normalized spacial score (nSPS) is 23.8. The predicted molar refractivity (Wildman–Crippen MR) is 96.7 cm³/mol. The second-order valence-electron chi connectivity index (χ2n) is 6.84. The van der Waals surface area contributed by atoms with Crippen molar-refractivity contribution < 1.29 is 4.79 Å². The fourth-order valence-electron chi connectivity index (χ4n) is 4.47. The second-order valence-corrected chi connectivity index (χ2v) is 6.84. The van der Waals surface area contributed by atoms with Crippen molar-refractivity contribution in [2.75, 3.05) is 0 Å². The lowest BCUT2D eigenvalue weighted by Crippen LogP contribution is -2.32. The molecular formula is C22H18N2O. The summed E-state index contributed by atoms with van der Waals surface area (Å²) in [7, 11) is 0. The summed E-state index contributed by atoms with van der Waals surface area (Å²) in [6, 6.07) is 21.0. The van der Waals surface area contributed by atoms with Gasteiger partial charge in [0.15, 0.2) is 0 Å². The molecule has 0 saturated carbocycles. The number of nitrogens with zero attached hydrogens (tertiary/aromatic N) is 2. The molecule has 2 bridgehead atoms. The van der Waals surface area contributed by atoms with Crippen molar-refractivity contribution >= 4 is 5.91 Å². The maximum absolute atomic E-state index is 12.9. The van der Waals surface area contributed by atoms with Crippen molar-refractivity contribution in [2.24, 2.45) is 0 Å². The Balaban J connectivity index is 1.62. The van der Waals surface area contributed by atoms with Gasteiger partial charge in [0.2, 0.25) is 0 Å². The maximum atomic E-state index is 12.9. The van der Waals surface area contributed by atoms with Gasteiger partial charge in [-0.1, -0.05) is 60.7 Å². The summed E-state index contributed by atoms with van der Waals surface area (Å²) in [5.41, 5.74) is 4.91. The van der Waals surface area contributed by atoms with Gasteiger partial charge in [-0.3, -0.25) is 4.79 Å². The molecule has 3 atom stereocenters. The smallest absolute Gasteiger partial charge is 0.267 e. The zero-order valence-corrected chi connectivity index (χ0v) is 13.7. The first-order valence-corrected chi connectivity index (χ1v) is 8.73. The third kappa shape index (κ3) is 2.19. The SMILES string of the molecule is O=C(C1=CC2c3ccccc3C1CC2c1ccccc1)n1cccn1. The van der Waals surface area contributed by atoms with Crippen molar-refractivity contribution in [3.63, 3.8) is 0 Å². The Labute approximate surface area is 146 Å². The summed E-state index contributed by atoms with van der Waals surface area (Å²) in [6.45, 7) is 0. The molecule has 0 saturated heterocycles. The van der Waals surface area contributed by atoms with Crippen LogP contribution in [0.25, 0.3) is 0 Å². The fourth-order valence-corrected chi connectivity index (χ4v) is 4.47. The molecule has 3 aliphatic rings. The molecule has 0 spiro atoms. The van der Waals surface area contributed by atoms with E-state index in [1.54, 1.807) is 18.5 Å². The molecule has 25 heavy (non-hydrogen) atoms. The lowest BCUT2D eigenvalue weighted by molar-refractivity contribution is 0.0927. The zero-order valence-electron chi connectivity index (χ0n) is 13.7. The zero-order chi connectivity index (χ0) is 16.8. The molecule has 0 amide bonds. The van der Waals surface area contributed by atoms with Crippen molar-refractivity contribution in [3.05, 3.63) is 101 Å². The van der Waals surface area contributed by atoms with Crippen LogP contribution < -0.4 is 0 Å². The van der Waals surface area contributed by atoms with Crippen molar-refractivity contribution in [1.29, 1.82) is 0 Å². The number of aromatic nitrogens is 2. The van der Waals surface area contributed by atoms with Crippen molar-refractivity contribution in [3.8, 4) is 0 Å². The highest BCUT2D eigenvalue weighted by Crippen LogP contribution is 2.55. The lowest BCUT2D eigenvalue weighted by atomic mass is 9.61. The molecule has 0 fully saturated rings. The highest BCUT2D eigenvalue weighted by atomic mass is 16.2. The molecule has 6 rings (SSSR count). The van der Waals surface area contributed by atoms with Crippen LogP contribution >= 0.6 is 0 Å². The van der Waals surface area contributed by atoms with E-state index in [1.165, 1.54) is 21.4 Å². The molecule has 1 heterocycles. The summed E-state index contributed by atoms with van der Waals surface area (Å²) in [5.74, 6) is 0.817. The molecule has 0 aliphatic heterocycles. The maximum Gasteiger partial charge on any atom is 0.274 e. The summed E-state index contributed by atoms with van der Waals surface area (Å²) < 4.78 is 1.45. The molecule has 1 aromatic heterocycles. The van der Waals surface area contributed by atoms with Crippen LogP contribution in [0.15, 0.2) is 84.7 Å². The molecular weight excluding hydrogens is 308 g/mol. The number of hydrogen-bond acceptors (Lipinski definition) is 2. The Morgan fingerprint density at radius 2 is 1.72 bits per heavy atom. The molecule has 2 aromatic carbocycles. The molecule has 3 heteroatoms. The van der Waals surface area contributed by atoms with Gasteiger partial charge in [0.1, 0.15) is 0 Å². The van der Waals surface area contributed by atoms with E-state index in [2.05, 4.69) is 65.8 Å². The lowest BCUT2D eigenvalue weighted by Gasteiger charge is -2.43. The molecule has 0 N–H and O–H groups in total. The number of fused-ring (bicyclic) bond motifs is 1. The number of benzene rings is 2. The van der Waals surface area contributed by atoms with Gasteiger partial charge in [-0.2, -0.15) is 5.10 Å². The van der Waals surface area contributed by atoms with Gasteiger partial charge in [-0.15, -0.1) is 0 Å². The van der Waals surface area contributed by atoms with Crippen LogP contribution in [-0.4, -0.2) is 15.7 Å². The quantitative estimate of drug-likeness (QED) is 0.694. The highest BCUT2D eigenvalue weighted by molar-refractivity contribution is 5.97. The van der Waals surface area contributed by atoms with E-state index < -0.39 is 0 Å². The largest absolute Gasteiger partial charge is 0.274 e.